The van der Waals surface area contributed by atoms with Crippen LogP contribution < -0.4 is 4.74 Å². The van der Waals surface area contributed by atoms with Gasteiger partial charge in [0.25, 0.3) is 0 Å². The zero-order valence-corrected chi connectivity index (χ0v) is 12.2. The molecule has 0 N–H and O–H groups in total. The third kappa shape index (κ3) is 3.85. The minimum absolute atomic E-state index is 0.532. The van der Waals surface area contributed by atoms with Crippen molar-refractivity contribution in [3.63, 3.8) is 0 Å². The zero-order valence-electron chi connectivity index (χ0n) is 12.2. The van der Waals surface area contributed by atoms with Crippen LogP contribution in [0.15, 0.2) is 42.5 Å². The molecule has 2 aromatic carbocycles. The summed E-state index contributed by atoms with van der Waals surface area (Å²) in [6.45, 7) is 9.27. The molecule has 1 heteroatoms. The highest BCUT2D eigenvalue weighted by Gasteiger charge is 2.02. The van der Waals surface area contributed by atoms with Gasteiger partial charge in [0.2, 0.25) is 0 Å². The summed E-state index contributed by atoms with van der Waals surface area (Å²) in [7, 11) is 0. The largest absolute Gasteiger partial charge is 0.489 e. The normalized spacial score (nSPS) is 10.8. The van der Waals surface area contributed by atoms with E-state index in [0.717, 1.165) is 5.75 Å². The van der Waals surface area contributed by atoms with Gasteiger partial charge < -0.3 is 4.74 Å². The molecule has 1 nitrogen and oxygen atoms in total. The number of ether oxygens (including phenoxy) is 1. The van der Waals surface area contributed by atoms with Gasteiger partial charge in [0.15, 0.2) is 0 Å². The van der Waals surface area contributed by atoms with Crippen molar-refractivity contribution in [2.45, 2.75) is 40.2 Å². The maximum atomic E-state index is 5.89. The monoisotopic (exact) mass is 254 g/mol. The Bertz CT molecular complexity index is 535. The van der Waals surface area contributed by atoms with Gasteiger partial charge in [0.1, 0.15) is 12.4 Å². The molecule has 19 heavy (non-hydrogen) atoms. The molecule has 2 rings (SSSR count). The summed E-state index contributed by atoms with van der Waals surface area (Å²) in [6.07, 6.45) is 0. The van der Waals surface area contributed by atoms with E-state index in [1.165, 1.54) is 22.3 Å². The Hall–Kier alpha value is -1.76. The van der Waals surface area contributed by atoms with Crippen LogP contribution in [0.5, 0.6) is 5.75 Å². The second-order valence-electron chi connectivity index (χ2n) is 5.51. The minimum Gasteiger partial charge on any atom is -0.489 e. The molecule has 0 unspecified atom stereocenters. The van der Waals surface area contributed by atoms with Crippen molar-refractivity contribution in [2.75, 3.05) is 0 Å². The van der Waals surface area contributed by atoms with Crippen LogP contribution in [-0.4, -0.2) is 0 Å². The van der Waals surface area contributed by atoms with Gasteiger partial charge in [-0.3, -0.25) is 0 Å². The molecule has 0 atom stereocenters. The molecule has 100 valence electrons. The lowest BCUT2D eigenvalue weighted by Crippen LogP contribution is -1.97. The van der Waals surface area contributed by atoms with Gasteiger partial charge in [-0.15, -0.1) is 0 Å². The van der Waals surface area contributed by atoms with Gasteiger partial charge in [-0.25, -0.2) is 0 Å². The molecule has 0 spiro atoms. The van der Waals surface area contributed by atoms with E-state index < -0.39 is 0 Å². The standard InChI is InChI=1S/C18H22O/c1-13(2)17-6-5-7-18(11-17)19-12-16-9-14(3)8-15(4)10-16/h5-11,13H,12H2,1-4H3. The molecule has 0 aromatic heterocycles. The molecule has 0 bridgehead atoms. The number of aryl methyl sites for hydroxylation is 2. The van der Waals surface area contributed by atoms with E-state index >= 15 is 0 Å². The van der Waals surface area contributed by atoms with E-state index in [0.29, 0.717) is 12.5 Å². The molecule has 0 saturated carbocycles. The fourth-order valence-electron chi connectivity index (χ4n) is 2.28. The molecule has 0 saturated heterocycles. The van der Waals surface area contributed by atoms with E-state index in [-0.39, 0.29) is 0 Å². The maximum Gasteiger partial charge on any atom is 0.120 e. The van der Waals surface area contributed by atoms with Gasteiger partial charge in [0.05, 0.1) is 0 Å². The SMILES string of the molecule is Cc1cc(C)cc(COc2cccc(C(C)C)c2)c1. The topological polar surface area (TPSA) is 9.23 Å². The van der Waals surface area contributed by atoms with Crippen LogP contribution in [0.25, 0.3) is 0 Å². The Balaban J connectivity index is 2.07. The first kappa shape index (κ1) is 13.7. The van der Waals surface area contributed by atoms with Crippen molar-refractivity contribution in [2.24, 2.45) is 0 Å². The third-order valence-electron chi connectivity index (χ3n) is 3.21. The highest BCUT2D eigenvalue weighted by Crippen LogP contribution is 2.21. The van der Waals surface area contributed by atoms with E-state index in [9.17, 15) is 0 Å². The maximum absolute atomic E-state index is 5.89. The molecule has 0 heterocycles. The highest BCUT2D eigenvalue weighted by atomic mass is 16.5. The zero-order chi connectivity index (χ0) is 13.8. The summed E-state index contributed by atoms with van der Waals surface area (Å²) in [5.41, 5.74) is 5.12. The molecule has 0 fully saturated rings. The Morgan fingerprint density at radius 1 is 0.947 bits per heavy atom. The second kappa shape index (κ2) is 5.92. The molecular weight excluding hydrogens is 232 g/mol. The summed E-state index contributed by atoms with van der Waals surface area (Å²) in [5, 5.41) is 0. The first-order valence-electron chi connectivity index (χ1n) is 6.84. The van der Waals surface area contributed by atoms with Crippen LogP contribution in [-0.2, 0) is 6.61 Å². The average Bonchev–Trinajstić information content (AvgIpc) is 2.35. The van der Waals surface area contributed by atoms with Crippen LogP contribution in [0, 0.1) is 13.8 Å². The van der Waals surface area contributed by atoms with Crippen LogP contribution in [0.3, 0.4) is 0 Å². The van der Waals surface area contributed by atoms with Crippen molar-refractivity contribution >= 4 is 0 Å². The summed E-state index contributed by atoms with van der Waals surface area (Å²) in [4.78, 5) is 0. The van der Waals surface area contributed by atoms with E-state index in [1.54, 1.807) is 0 Å². The van der Waals surface area contributed by atoms with Crippen LogP contribution in [0.1, 0.15) is 42.0 Å². The first-order chi connectivity index (χ1) is 9.04. The predicted molar refractivity (Wildman–Crippen MR) is 80.8 cm³/mol. The quantitative estimate of drug-likeness (QED) is 0.745. The fraction of sp³-hybridized carbons (Fsp3) is 0.333. The number of hydrogen-bond acceptors (Lipinski definition) is 1. The Kier molecular flexibility index (Phi) is 4.26. The minimum atomic E-state index is 0.532. The first-order valence-corrected chi connectivity index (χ1v) is 6.84. The lowest BCUT2D eigenvalue weighted by Gasteiger charge is -2.11. The van der Waals surface area contributed by atoms with Crippen molar-refractivity contribution < 1.29 is 4.74 Å². The lowest BCUT2D eigenvalue weighted by atomic mass is 10.0. The van der Waals surface area contributed by atoms with Gasteiger partial charge >= 0.3 is 0 Å². The van der Waals surface area contributed by atoms with Gasteiger partial charge in [-0.2, -0.15) is 0 Å². The summed E-state index contributed by atoms with van der Waals surface area (Å²) in [5.74, 6) is 1.48. The Morgan fingerprint density at radius 2 is 1.63 bits per heavy atom. The Morgan fingerprint density at radius 3 is 2.26 bits per heavy atom. The van der Waals surface area contributed by atoms with E-state index in [1.807, 2.05) is 6.07 Å². The second-order valence-corrected chi connectivity index (χ2v) is 5.51. The predicted octanol–water partition coefficient (Wildman–Crippen LogP) is 5.01. The lowest BCUT2D eigenvalue weighted by molar-refractivity contribution is 0.305. The molecule has 0 radical (unpaired) electrons. The van der Waals surface area contributed by atoms with Crippen molar-refractivity contribution in [1.82, 2.24) is 0 Å². The third-order valence-corrected chi connectivity index (χ3v) is 3.21. The van der Waals surface area contributed by atoms with Gasteiger partial charge in [-0.05, 0) is 43.0 Å². The van der Waals surface area contributed by atoms with Crippen molar-refractivity contribution in [3.8, 4) is 5.75 Å². The van der Waals surface area contributed by atoms with Crippen LogP contribution in [0.4, 0.5) is 0 Å². The molecule has 0 aliphatic carbocycles. The van der Waals surface area contributed by atoms with Crippen molar-refractivity contribution in [1.29, 1.82) is 0 Å². The molecule has 0 aliphatic heterocycles. The summed E-state index contributed by atoms with van der Waals surface area (Å²) >= 11 is 0. The number of hydrogen-bond donors (Lipinski definition) is 0. The van der Waals surface area contributed by atoms with Crippen molar-refractivity contribution in [3.05, 3.63) is 64.7 Å². The van der Waals surface area contributed by atoms with E-state index in [4.69, 9.17) is 4.74 Å². The fourth-order valence-corrected chi connectivity index (χ4v) is 2.28. The van der Waals surface area contributed by atoms with Crippen LogP contribution in [0.2, 0.25) is 0 Å². The molecular formula is C18H22O. The average molecular weight is 254 g/mol. The number of benzene rings is 2. The summed E-state index contributed by atoms with van der Waals surface area (Å²) < 4.78 is 5.89. The molecule has 0 aliphatic rings. The van der Waals surface area contributed by atoms with Gasteiger partial charge in [0, 0.05) is 0 Å². The molecule has 2 aromatic rings. The Labute approximate surface area is 116 Å². The van der Waals surface area contributed by atoms with Crippen LogP contribution >= 0.6 is 0 Å². The highest BCUT2D eigenvalue weighted by molar-refractivity contribution is 5.32. The molecule has 0 amide bonds. The van der Waals surface area contributed by atoms with E-state index in [2.05, 4.69) is 64.1 Å². The number of rotatable bonds is 4. The summed E-state index contributed by atoms with van der Waals surface area (Å²) in [6, 6.07) is 14.9. The smallest absolute Gasteiger partial charge is 0.120 e. The van der Waals surface area contributed by atoms with Gasteiger partial charge in [-0.1, -0.05) is 55.3 Å².